The van der Waals surface area contributed by atoms with Crippen LogP contribution in [-0.4, -0.2) is 42.6 Å². The first-order valence-electron chi connectivity index (χ1n) is 9.69. The molecule has 150 valence electrons. The van der Waals surface area contributed by atoms with Crippen LogP contribution in [0.3, 0.4) is 0 Å². The van der Waals surface area contributed by atoms with E-state index in [0.29, 0.717) is 24.0 Å². The lowest BCUT2D eigenvalue weighted by Crippen LogP contribution is -2.25. The number of carbonyl (C=O) groups excluding carboxylic acids is 1. The van der Waals surface area contributed by atoms with Crippen molar-refractivity contribution < 1.29 is 9.53 Å². The molecule has 1 aliphatic rings. The summed E-state index contributed by atoms with van der Waals surface area (Å²) in [5, 5.41) is 3.76. The minimum atomic E-state index is 0.0103. The molecule has 28 heavy (non-hydrogen) atoms. The normalized spacial score (nSPS) is 13.4. The number of benzene rings is 1. The van der Waals surface area contributed by atoms with Gasteiger partial charge in [-0.3, -0.25) is 4.79 Å². The maximum atomic E-state index is 12.3. The Kier molecular flexibility index (Phi) is 7.28. The average Bonchev–Trinajstić information content (AvgIpc) is 3.51. The van der Waals surface area contributed by atoms with Gasteiger partial charge in [0.25, 0.3) is 5.91 Å². The van der Waals surface area contributed by atoms with Crippen molar-refractivity contribution in [1.82, 2.24) is 15.3 Å². The number of aromatic nitrogens is 2. The molecule has 0 bridgehead atoms. The summed E-state index contributed by atoms with van der Waals surface area (Å²) in [4.78, 5) is 23.7. The standard InChI is InChI=1S/C21H28N4O2S/c1-4-10-25(2)19-12-18(13-27-3)23-21(24-19)28-14-15-6-5-7-16(11-15)20(26)22-17-8-9-17/h5-7,11-12,17H,4,8-10,13-14H2,1-3H3,(H,22,26). The van der Waals surface area contributed by atoms with Gasteiger partial charge in [-0.1, -0.05) is 30.8 Å². The van der Waals surface area contributed by atoms with Crippen LogP contribution in [0, 0.1) is 0 Å². The van der Waals surface area contributed by atoms with Gasteiger partial charge in [-0.15, -0.1) is 0 Å². The van der Waals surface area contributed by atoms with Crippen LogP contribution >= 0.6 is 11.8 Å². The van der Waals surface area contributed by atoms with Gasteiger partial charge in [0.1, 0.15) is 5.82 Å². The summed E-state index contributed by atoms with van der Waals surface area (Å²) >= 11 is 1.57. The molecule has 0 unspecified atom stereocenters. The minimum Gasteiger partial charge on any atom is -0.378 e. The Morgan fingerprint density at radius 2 is 2.14 bits per heavy atom. The monoisotopic (exact) mass is 400 g/mol. The molecular weight excluding hydrogens is 372 g/mol. The van der Waals surface area contributed by atoms with E-state index in [4.69, 9.17) is 9.72 Å². The number of thioether (sulfide) groups is 1. The van der Waals surface area contributed by atoms with Crippen LogP contribution in [0.1, 0.15) is 47.8 Å². The molecule has 0 spiro atoms. The summed E-state index contributed by atoms with van der Waals surface area (Å²) < 4.78 is 5.26. The highest BCUT2D eigenvalue weighted by Crippen LogP contribution is 2.24. The van der Waals surface area contributed by atoms with Crippen molar-refractivity contribution in [2.45, 2.75) is 49.7 Å². The second kappa shape index (κ2) is 9.89. The summed E-state index contributed by atoms with van der Waals surface area (Å²) in [5.74, 6) is 1.62. The van der Waals surface area contributed by atoms with E-state index in [2.05, 4.69) is 22.1 Å². The molecule has 1 N–H and O–H groups in total. The van der Waals surface area contributed by atoms with Crippen LogP contribution in [0.5, 0.6) is 0 Å². The number of amides is 1. The molecule has 1 heterocycles. The van der Waals surface area contributed by atoms with E-state index >= 15 is 0 Å². The Morgan fingerprint density at radius 1 is 1.32 bits per heavy atom. The highest BCUT2D eigenvalue weighted by atomic mass is 32.2. The highest BCUT2D eigenvalue weighted by molar-refractivity contribution is 7.98. The van der Waals surface area contributed by atoms with E-state index in [9.17, 15) is 4.79 Å². The van der Waals surface area contributed by atoms with Crippen LogP contribution < -0.4 is 10.2 Å². The number of methoxy groups -OCH3 is 1. The third-order valence-corrected chi connectivity index (χ3v) is 5.38. The Balaban J connectivity index is 1.69. The number of ether oxygens (including phenoxy) is 1. The average molecular weight is 401 g/mol. The first-order valence-corrected chi connectivity index (χ1v) is 10.7. The molecule has 7 heteroatoms. The third-order valence-electron chi connectivity index (χ3n) is 4.46. The zero-order valence-electron chi connectivity index (χ0n) is 16.8. The van der Waals surface area contributed by atoms with Crippen LogP contribution in [0.15, 0.2) is 35.5 Å². The number of rotatable bonds is 10. The van der Waals surface area contributed by atoms with Gasteiger partial charge < -0.3 is 15.0 Å². The maximum absolute atomic E-state index is 12.3. The summed E-state index contributed by atoms with van der Waals surface area (Å²) in [6, 6.07) is 10.1. The Labute approximate surface area is 171 Å². The summed E-state index contributed by atoms with van der Waals surface area (Å²) in [6.45, 7) is 3.54. The van der Waals surface area contributed by atoms with Crippen molar-refractivity contribution in [3.05, 3.63) is 47.2 Å². The van der Waals surface area contributed by atoms with E-state index in [1.165, 1.54) is 0 Å². The molecule has 0 radical (unpaired) electrons. The maximum Gasteiger partial charge on any atom is 0.251 e. The second-order valence-corrected chi connectivity index (χ2v) is 8.03. The molecular formula is C21H28N4O2S. The van der Waals surface area contributed by atoms with E-state index in [1.807, 2.05) is 37.4 Å². The Bertz CT molecular complexity index is 811. The van der Waals surface area contributed by atoms with Crippen molar-refractivity contribution in [3.8, 4) is 0 Å². The lowest BCUT2D eigenvalue weighted by molar-refractivity contribution is 0.0951. The Hall–Kier alpha value is -2.12. The second-order valence-electron chi connectivity index (χ2n) is 7.09. The van der Waals surface area contributed by atoms with E-state index in [0.717, 1.165) is 48.0 Å². The van der Waals surface area contributed by atoms with Crippen molar-refractivity contribution in [2.24, 2.45) is 0 Å². The van der Waals surface area contributed by atoms with E-state index in [-0.39, 0.29) is 5.91 Å². The Morgan fingerprint density at radius 3 is 2.86 bits per heavy atom. The lowest BCUT2D eigenvalue weighted by atomic mass is 10.1. The van der Waals surface area contributed by atoms with E-state index < -0.39 is 0 Å². The minimum absolute atomic E-state index is 0.0103. The lowest BCUT2D eigenvalue weighted by Gasteiger charge is -2.18. The van der Waals surface area contributed by atoms with Crippen molar-refractivity contribution in [2.75, 3.05) is 25.6 Å². The first-order chi connectivity index (χ1) is 13.6. The predicted octanol–water partition coefficient (Wildman–Crippen LogP) is 3.65. The fourth-order valence-electron chi connectivity index (χ4n) is 2.84. The number of nitrogens with zero attached hydrogens (tertiary/aromatic N) is 3. The van der Waals surface area contributed by atoms with Crippen LogP contribution in [0.25, 0.3) is 0 Å². The molecule has 1 aliphatic carbocycles. The SMILES string of the molecule is CCCN(C)c1cc(COC)nc(SCc2cccc(C(=O)NC3CC3)c2)n1. The molecule has 1 saturated carbocycles. The predicted molar refractivity (Wildman–Crippen MR) is 113 cm³/mol. The van der Waals surface area contributed by atoms with Gasteiger partial charge in [-0.2, -0.15) is 0 Å². The number of hydrogen-bond acceptors (Lipinski definition) is 6. The molecule has 0 aliphatic heterocycles. The molecule has 6 nitrogen and oxygen atoms in total. The van der Waals surface area contributed by atoms with Gasteiger partial charge in [-0.05, 0) is 37.0 Å². The number of anilines is 1. The first kappa shape index (κ1) is 20.6. The zero-order chi connectivity index (χ0) is 19.9. The largest absolute Gasteiger partial charge is 0.378 e. The molecule has 0 saturated heterocycles. The van der Waals surface area contributed by atoms with Gasteiger partial charge in [0.05, 0.1) is 12.3 Å². The van der Waals surface area contributed by atoms with Gasteiger partial charge in [-0.25, -0.2) is 9.97 Å². The summed E-state index contributed by atoms with van der Waals surface area (Å²) in [5.41, 5.74) is 2.66. The van der Waals surface area contributed by atoms with Crippen molar-refractivity contribution in [3.63, 3.8) is 0 Å². The topological polar surface area (TPSA) is 67.3 Å². The van der Waals surface area contributed by atoms with Crippen LogP contribution in [0.4, 0.5) is 5.82 Å². The van der Waals surface area contributed by atoms with Crippen LogP contribution in [0.2, 0.25) is 0 Å². The number of hydrogen-bond donors (Lipinski definition) is 1. The molecule has 1 amide bonds. The summed E-state index contributed by atoms with van der Waals surface area (Å²) in [6.07, 6.45) is 3.23. The summed E-state index contributed by atoms with van der Waals surface area (Å²) in [7, 11) is 3.71. The molecule has 1 fully saturated rings. The van der Waals surface area contributed by atoms with Gasteiger partial charge in [0, 0.05) is 44.1 Å². The number of carbonyl (C=O) groups is 1. The number of nitrogens with one attached hydrogen (secondary N) is 1. The van der Waals surface area contributed by atoms with E-state index in [1.54, 1.807) is 18.9 Å². The van der Waals surface area contributed by atoms with Gasteiger partial charge >= 0.3 is 0 Å². The smallest absolute Gasteiger partial charge is 0.251 e. The van der Waals surface area contributed by atoms with Crippen molar-refractivity contribution >= 4 is 23.5 Å². The highest BCUT2D eigenvalue weighted by Gasteiger charge is 2.23. The molecule has 0 atom stereocenters. The fourth-order valence-corrected chi connectivity index (χ4v) is 3.65. The quantitative estimate of drug-likeness (QED) is 0.485. The molecule has 1 aromatic carbocycles. The van der Waals surface area contributed by atoms with Crippen molar-refractivity contribution in [1.29, 1.82) is 0 Å². The van der Waals surface area contributed by atoms with Gasteiger partial charge in [0.2, 0.25) is 0 Å². The zero-order valence-corrected chi connectivity index (χ0v) is 17.6. The van der Waals surface area contributed by atoms with Gasteiger partial charge in [0.15, 0.2) is 5.16 Å². The molecule has 2 aromatic rings. The molecule has 1 aromatic heterocycles. The third kappa shape index (κ3) is 5.94. The molecule has 3 rings (SSSR count). The fraction of sp³-hybridized carbons (Fsp3) is 0.476. The van der Waals surface area contributed by atoms with Crippen LogP contribution in [-0.2, 0) is 17.1 Å².